The monoisotopic (exact) mass is 518 g/mol. The van der Waals surface area contributed by atoms with Crippen LogP contribution in [0, 0.1) is 0 Å². The summed E-state index contributed by atoms with van der Waals surface area (Å²) in [5.41, 5.74) is 2.80. The molecule has 32 heavy (non-hydrogen) atoms. The molecule has 0 spiro atoms. The maximum atomic E-state index is 2.32. The van der Waals surface area contributed by atoms with E-state index in [1.165, 1.54) is 60.6 Å². The number of thiophene rings is 6. The van der Waals surface area contributed by atoms with Crippen LogP contribution in [-0.2, 0) is 0 Å². The van der Waals surface area contributed by atoms with Crippen molar-refractivity contribution in [2.45, 2.75) is 0 Å². The van der Waals surface area contributed by atoms with E-state index in [-0.39, 0.29) is 0 Å². The van der Waals surface area contributed by atoms with Gasteiger partial charge < -0.3 is 0 Å². The van der Waals surface area contributed by atoms with E-state index in [0.29, 0.717) is 0 Å². The first-order valence-electron chi connectivity index (χ1n) is 10.1. The molecule has 154 valence electrons. The number of rotatable bonds is 4. The van der Waals surface area contributed by atoms with Crippen LogP contribution in [0.4, 0.5) is 0 Å². The number of hydrogen-bond donors (Lipinski definition) is 0. The predicted octanol–water partition coefficient (Wildman–Crippen LogP) is 11.0. The van der Waals surface area contributed by atoms with Gasteiger partial charge in [-0.05, 0) is 70.1 Å². The summed E-state index contributed by atoms with van der Waals surface area (Å²) in [6.07, 6.45) is 0. The lowest BCUT2D eigenvalue weighted by molar-refractivity contribution is 1.89. The third kappa shape index (κ3) is 3.02. The van der Waals surface area contributed by atoms with E-state index in [1.54, 1.807) is 0 Å². The first-order chi connectivity index (χ1) is 15.9. The predicted molar refractivity (Wildman–Crippen MR) is 150 cm³/mol. The molecule has 0 nitrogen and oxygen atoms in total. The van der Waals surface area contributed by atoms with Gasteiger partial charge in [0.1, 0.15) is 0 Å². The minimum Gasteiger partial charge on any atom is -0.143 e. The van der Waals surface area contributed by atoms with Gasteiger partial charge in [-0.2, -0.15) is 0 Å². The Balaban J connectivity index is 1.46. The van der Waals surface area contributed by atoms with Crippen LogP contribution in [0.5, 0.6) is 0 Å². The van der Waals surface area contributed by atoms with Crippen LogP contribution in [-0.4, -0.2) is 0 Å². The molecule has 0 saturated heterocycles. The number of hydrogen-bond acceptors (Lipinski definition) is 6. The van der Waals surface area contributed by atoms with Crippen molar-refractivity contribution < 1.29 is 0 Å². The van der Waals surface area contributed by atoms with Crippen molar-refractivity contribution in [2.24, 2.45) is 0 Å². The fraction of sp³-hybridized carbons (Fsp3) is 0. The number of benzene rings is 1. The van der Waals surface area contributed by atoms with Gasteiger partial charge in [-0.3, -0.25) is 0 Å². The molecule has 0 saturated carbocycles. The van der Waals surface area contributed by atoms with E-state index in [0.717, 1.165) is 0 Å². The summed E-state index contributed by atoms with van der Waals surface area (Å²) in [4.78, 5) is 8.13. The van der Waals surface area contributed by atoms with Crippen LogP contribution in [0.25, 0.3) is 60.6 Å². The first-order valence-corrected chi connectivity index (χ1v) is 15.2. The second-order valence-corrected chi connectivity index (χ2v) is 13.3. The summed E-state index contributed by atoms with van der Waals surface area (Å²) in [6, 6.07) is 22.5. The van der Waals surface area contributed by atoms with Gasteiger partial charge in [0.25, 0.3) is 0 Å². The standard InChI is InChI=1S/C26H14S6/c1-3-17(27-11-1)19-5-7-21(31-19)23-15-9-13-30-26(15)24(16-10-14-29-25(16)23)22-8-6-20(32-22)18-4-2-12-28-18/h1-14H. The Bertz CT molecular complexity index is 1490. The third-order valence-corrected chi connectivity index (χ3v) is 11.8. The van der Waals surface area contributed by atoms with Gasteiger partial charge in [0.2, 0.25) is 0 Å². The molecule has 6 heterocycles. The molecule has 0 aliphatic carbocycles. The highest BCUT2D eigenvalue weighted by atomic mass is 32.1. The smallest absolute Gasteiger partial charge is 0.0449 e. The summed E-state index contributed by atoms with van der Waals surface area (Å²) < 4.78 is 2.80. The van der Waals surface area contributed by atoms with Crippen molar-refractivity contribution in [1.82, 2.24) is 0 Å². The molecule has 0 N–H and O–H groups in total. The molecule has 0 radical (unpaired) electrons. The zero-order valence-electron chi connectivity index (χ0n) is 16.5. The molecule has 0 aliphatic heterocycles. The van der Waals surface area contributed by atoms with Gasteiger partial charge in [-0.25, -0.2) is 0 Å². The maximum absolute atomic E-state index is 2.32. The Hall–Kier alpha value is -2.06. The molecule has 0 bridgehead atoms. The van der Waals surface area contributed by atoms with Crippen molar-refractivity contribution >= 4 is 88.2 Å². The van der Waals surface area contributed by atoms with Crippen LogP contribution in [0.3, 0.4) is 0 Å². The highest BCUT2D eigenvalue weighted by Gasteiger charge is 2.21. The van der Waals surface area contributed by atoms with Crippen LogP contribution < -0.4 is 0 Å². The summed E-state index contributed by atoms with van der Waals surface area (Å²) in [6.45, 7) is 0. The van der Waals surface area contributed by atoms with Crippen molar-refractivity contribution in [3.63, 3.8) is 0 Å². The van der Waals surface area contributed by atoms with Crippen LogP contribution in [0.15, 0.2) is 82.2 Å². The minimum atomic E-state index is 1.35. The van der Waals surface area contributed by atoms with Gasteiger partial charge >= 0.3 is 0 Å². The van der Waals surface area contributed by atoms with Gasteiger partial charge in [0.05, 0.1) is 0 Å². The van der Waals surface area contributed by atoms with Crippen LogP contribution in [0.1, 0.15) is 0 Å². The zero-order chi connectivity index (χ0) is 21.1. The Morgan fingerprint density at radius 1 is 0.375 bits per heavy atom. The number of fused-ring (bicyclic) bond motifs is 2. The lowest BCUT2D eigenvalue weighted by Gasteiger charge is -2.09. The van der Waals surface area contributed by atoms with Crippen molar-refractivity contribution in [3.05, 3.63) is 82.2 Å². The van der Waals surface area contributed by atoms with E-state index in [1.807, 2.05) is 68.0 Å². The summed E-state index contributed by atoms with van der Waals surface area (Å²) in [5, 5.41) is 11.6. The van der Waals surface area contributed by atoms with Gasteiger partial charge in [0, 0.05) is 60.6 Å². The summed E-state index contributed by atoms with van der Waals surface area (Å²) in [7, 11) is 0. The minimum absolute atomic E-state index is 1.35. The highest BCUT2D eigenvalue weighted by molar-refractivity contribution is 7.26. The normalized spacial score (nSPS) is 11.8. The highest BCUT2D eigenvalue weighted by Crippen LogP contribution is 2.51. The van der Waals surface area contributed by atoms with Crippen molar-refractivity contribution in [2.75, 3.05) is 0 Å². The zero-order valence-corrected chi connectivity index (χ0v) is 21.4. The topological polar surface area (TPSA) is 0 Å². The van der Waals surface area contributed by atoms with E-state index in [2.05, 4.69) is 82.2 Å². The van der Waals surface area contributed by atoms with Crippen molar-refractivity contribution in [3.8, 4) is 40.4 Å². The second kappa shape index (κ2) is 7.76. The van der Waals surface area contributed by atoms with Crippen LogP contribution >= 0.6 is 68.0 Å². The SMILES string of the molecule is c1csc(-c2ccc(-c3c4ccsc4c(-c4ccc(-c5cccs5)s4)c4ccsc34)s2)c1. The van der Waals surface area contributed by atoms with Crippen LogP contribution in [0.2, 0.25) is 0 Å². The Kier molecular flexibility index (Phi) is 4.71. The average Bonchev–Trinajstić information content (AvgIpc) is 3.66. The fourth-order valence-corrected chi connectivity index (χ4v) is 10.1. The average molecular weight is 519 g/mol. The lowest BCUT2D eigenvalue weighted by atomic mass is 10.0. The molecule has 0 fully saturated rings. The molecule has 6 aromatic heterocycles. The second-order valence-electron chi connectivity index (χ2n) is 7.36. The van der Waals surface area contributed by atoms with Gasteiger partial charge in [0.15, 0.2) is 0 Å². The molecule has 0 unspecified atom stereocenters. The quantitative estimate of drug-likeness (QED) is 0.217. The lowest BCUT2D eigenvalue weighted by Crippen LogP contribution is -1.81. The van der Waals surface area contributed by atoms with E-state index >= 15 is 0 Å². The molecule has 0 atom stereocenters. The Labute approximate surface area is 209 Å². The molecule has 0 amide bonds. The molecular formula is C26H14S6. The molecule has 7 aromatic rings. The molecule has 1 aromatic carbocycles. The fourth-order valence-electron chi connectivity index (χ4n) is 4.18. The summed E-state index contributed by atoms with van der Waals surface area (Å²) in [5.74, 6) is 0. The summed E-state index contributed by atoms with van der Waals surface area (Å²) >= 11 is 11.2. The Morgan fingerprint density at radius 3 is 1.28 bits per heavy atom. The van der Waals surface area contributed by atoms with Crippen molar-refractivity contribution in [1.29, 1.82) is 0 Å². The van der Waals surface area contributed by atoms with E-state index in [9.17, 15) is 0 Å². The largest absolute Gasteiger partial charge is 0.143 e. The van der Waals surface area contributed by atoms with E-state index in [4.69, 9.17) is 0 Å². The third-order valence-electron chi connectivity index (χ3n) is 5.56. The molecular weight excluding hydrogens is 505 g/mol. The molecule has 6 heteroatoms. The van der Waals surface area contributed by atoms with Gasteiger partial charge in [-0.15, -0.1) is 68.0 Å². The van der Waals surface area contributed by atoms with Gasteiger partial charge in [-0.1, -0.05) is 12.1 Å². The molecule has 0 aliphatic rings. The Morgan fingerprint density at radius 2 is 0.844 bits per heavy atom. The maximum Gasteiger partial charge on any atom is 0.0449 e. The van der Waals surface area contributed by atoms with E-state index < -0.39 is 0 Å². The molecule has 7 rings (SSSR count). The first kappa shape index (κ1) is 19.4.